The molecule has 1 aromatic rings. The number of rotatable bonds is 8. The third-order valence-electron chi connectivity index (χ3n) is 4.50. The summed E-state index contributed by atoms with van der Waals surface area (Å²) in [5, 5.41) is 5.37. The molecule has 0 radical (unpaired) electrons. The minimum atomic E-state index is -0.649. The molecular formula is C19H29N3O5. The lowest BCUT2D eigenvalue weighted by molar-refractivity contribution is -0.139. The molecule has 1 aromatic carbocycles. The van der Waals surface area contributed by atoms with E-state index in [4.69, 9.17) is 14.2 Å². The van der Waals surface area contributed by atoms with Gasteiger partial charge in [0.15, 0.2) is 11.5 Å². The molecule has 2 rings (SSSR count). The molecule has 1 atom stereocenters. The van der Waals surface area contributed by atoms with Crippen LogP contribution < -0.4 is 20.1 Å². The summed E-state index contributed by atoms with van der Waals surface area (Å²) in [5.41, 5.74) is 0.820. The molecule has 8 heteroatoms. The number of hydrogen-bond donors (Lipinski definition) is 2. The van der Waals surface area contributed by atoms with E-state index in [-0.39, 0.29) is 6.04 Å². The zero-order valence-electron chi connectivity index (χ0n) is 16.2. The van der Waals surface area contributed by atoms with Crippen LogP contribution >= 0.6 is 0 Å². The first-order valence-electron chi connectivity index (χ1n) is 9.16. The van der Waals surface area contributed by atoms with Gasteiger partial charge in [0.05, 0.1) is 33.5 Å². The van der Waals surface area contributed by atoms with E-state index in [9.17, 15) is 9.59 Å². The number of benzene rings is 1. The van der Waals surface area contributed by atoms with Crippen LogP contribution in [0.15, 0.2) is 18.2 Å². The average molecular weight is 379 g/mol. The minimum absolute atomic E-state index is 0.337. The molecule has 0 aliphatic carbocycles. The van der Waals surface area contributed by atoms with Gasteiger partial charge in [0.25, 0.3) is 0 Å². The first-order valence-corrected chi connectivity index (χ1v) is 9.16. The van der Waals surface area contributed by atoms with Crippen LogP contribution in [-0.2, 0) is 14.3 Å². The summed E-state index contributed by atoms with van der Waals surface area (Å²) in [6.07, 6.45) is 0.796. The third-order valence-corrected chi connectivity index (χ3v) is 4.50. The maximum atomic E-state index is 12.1. The van der Waals surface area contributed by atoms with Crippen LogP contribution in [0, 0.1) is 0 Å². The molecule has 2 N–H and O–H groups in total. The number of amides is 2. The van der Waals surface area contributed by atoms with Crippen LogP contribution in [0.4, 0.5) is 0 Å². The van der Waals surface area contributed by atoms with E-state index in [0.717, 1.165) is 44.8 Å². The number of carbonyl (C=O) groups is 2. The van der Waals surface area contributed by atoms with Gasteiger partial charge in [-0.05, 0) is 37.6 Å². The zero-order valence-corrected chi connectivity index (χ0v) is 16.2. The Morgan fingerprint density at radius 3 is 2.52 bits per heavy atom. The van der Waals surface area contributed by atoms with Crippen LogP contribution in [-0.4, -0.2) is 70.3 Å². The Bertz CT molecular complexity index is 632. The summed E-state index contributed by atoms with van der Waals surface area (Å²) in [4.78, 5) is 26.4. The Labute approximate surface area is 160 Å². The largest absolute Gasteiger partial charge is 0.493 e. The fourth-order valence-corrected chi connectivity index (χ4v) is 2.88. The second-order valence-corrected chi connectivity index (χ2v) is 6.37. The topological polar surface area (TPSA) is 89.1 Å². The Morgan fingerprint density at radius 1 is 1.15 bits per heavy atom. The summed E-state index contributed by atoms with van der Waals surface area (Å²) < 4.78 is 15.8. The molecule has 0 aromatic heterocycles. The van der Waals surface area contributed by atoms with E-state index >= 15 is 0 Å². The van der Waals surface area contributed by atoms with Gasteiger partial charge >= 0.3 is 11.8 Å². The highest BCUT2D eigenvalue weighted by molar-refractivity contribution is 6.35. The number of carbonyl (C=O) groups excluding carboxylic acids is 2. The van der Waals surface area contributed by atoms with Crippen molar-refractivity contribution in [2.24, 2.45) is 0 Å². The van der Waals surface area contributed by atoms with Gasteiger partial charge in [-0.2, -0.15) is 0 Å². The van der Waals surface area contributed by atoms with E-state index in [1.165, 1.54) is 0 Å². The van der Waals surface area contributed by atoms with E-state index < -0.39 is 11.8 Å². The van der Waals surface area contributed by atoms with Gasteiger partial charge in [0.2, 0.25) is 0 Å². The molecule has 2 amide bonds. The summed E-state index contributed by atoms with van der Waals surface area (Å²) in [7, 11) is 3.11. The van der Waals surface area contributed by atoms with Gasteiger partial charge in [0.1, 0.15) is 0 Å². The van der Waals surface area contributed by atoms with E-state index in [1.54, 1.807) is 26.4 Å². The summed E-state index contributed by atoms with van der Waals surface area (Å²) >= 11 is 0. The van der Waals surface area contributed by atoms with E-state index in [2.05, 4.69) is 15.5 Å². The van der Waals surface area contributed by atoms with Crippen molar-refractivity contribution in [3.05, 3.63) is 23.8 Å². The zero-order chi connectivity index (χ0) is 19.6. The number of morpholine rings is 1. The lowest BCUT2D eigenvalue weighted by Gasteiger charge is -2.26. The normalized spacial score (nSPS) is 15.7. The number of methoxy groups -OCH3 is 2. The maximum absolute atomic E-state index is 12.1. The minimum Gasteiger partial charge on any atom is -0.493 e. The predicted octanol–water partition coefficient (Wildman–Crippen LogP) is 0.720. The summed E-state index contributed by atoms with van der Waals surface area (Å²) in [6, 6.07) is 5.04. The molecule has 0 bridgehead atoms. The molecule has 1 heterocycles. The molecule has 1 fully saturated rings. The first-order chi connectivity index (χ1) is 13.0. The van der Waals surface area contributed by atoms with Crippen LogP contribution in [0.5, 0.6) is 11.5 Å². The fourth-order valence-electron chi connectivity index (χ4n) is 2.88. The van der Waals surface area contributed by atoms with Gasteiger partial charge in [-0.25, -0.2) is 0 Å². The highest BCUT2D eigenvalue weighted by Gasteiger charge is 2.18. The van der Waals surface area contributed by atoms with Crippen molar-refractivity contribution >= 4 is 11.8 Å². The van der Waals surface area contributed by atoms with Crippen molar-refractivity contribution in [1.29, 1.82) is 0 Å². The first kappa shape index (κ1) is 21.0. The molecule has 1 saturated heterocycles. The standard InChI is InChI=1S/C19H29N3O5/c1-14(15-5-6-16(25-2)17(13-15)26-3)21-19(24)18(23)20-7-4-8-22-9-11-27-12-10-22/h5-6,13-14H,4,7-12H2,1-3H3,(H,20,23)(H,21,24). The second kappa shape index (κ2) is 10.7. The smallest absolute Gasteiger partial charge is 0.309 e. The monoisotopic (exact) mass is 379 g/mol. The molecule has 0 saturated carbocycles. The fraction of sp³-hybridized carbons (Fsp3) is 0.579. The van der Waals surface area contributed by atoms with Crippen LogP contribution in [0.25, 0.3) is 0 Å². The lowest BCUT2D eigenvalue weighted by atomic mass is 10.1. The van der Waals surface area contributed by atoms with Crippen molar-refractivity contribution in [3.8, 4) is 11.5 Å². The molecule has 0 spiro atoms. The highest BCUT2D eigenvalue weighted by Crippen LogP contribution is 2.29. The van der Waals surface area contributed by atoms with Crippen molar-refractivity contribution < 1.29 is 23.8 Å². The average Bonchev–Trinajstić information content (AvgIpc) is 2.71. The molecule has 1 unspecified atom stereocenters. The Balaban J connectivity index is 1.75. The maximum Gasteiger partial charge on any atom is 0.309 e. The van der Waals surface area contributed by atoms with Crippen LogP contribution in [0.2, 0.25) is 0 Å². The lowest BCUT2D eigenvalue weighted by Crippen LogP contribution is -2.42. The Kier molecular flexibility index (Phi) is 8.35. The number of nitrogens with one attached hydrogen (secondary N) is 2. The Morgan fingerprint density at radius 2 is 1.85 bits per heavy atom. The van der Waals surface area contributed by atoms with Crippen molar-refractivity contribution in [1.82, 2.24) is 15.5 Å². The second-order valence-electron chi connectivity index (χ2n) is 6.37. The summed E-state index contributed by atoms with van der Waals surface area (Å²) in [5.74, 6) is -0.0885. The van der Waals surface area contributed by atoms with Gasteiger partial charge in [-0.1, -0.05) is 6.07 Å². The SMILES string of the molecule is COc1ccc(C(C)NC(=O)C(=O)NCCCN2CCOCC2)cc1OC. The highest BCUT2D eigenvalue weighted by atomic mass is 16.5. The van der Waals surface area contributed by atoms with E-state index in [1.807, 2.05) is 13.0 Å². The molecule has 1 aliphatic rings. The van der Waals surface area contributed by atoms with Gasteiger partial charge < -0.3 is 24.8 Å². The van der Waals surface area contributed by atoms with Crippen molar-refractivity contribution in [2.75, 3.05) is 53.6 Å². The molecule has 27 heavy (non-hydrogen) atoms. The van der Waals surface area contributed by atoms with Crippen LogP contribution in [0.3, 0.4) is 0 Å². The number of ether oxygens (including phenoxy) is 3. The Hall–Kier alpha value is -2.32. The number of nitrogens with zero attached hydrogens (tertiary/aromatic N) is 1. The predicted molar refractivity (Wildman–Crippen MR) is 101 cm³/mol. The van der Waals surface area contributed by atoms with Gasteiger partial charge in [-0.3, -0.25) is 14.5 Å². The molecule has 150 valence electrons. The third kappa shape index (κ3) is 6.41. The van der Waals surface area contributed by atoms with Crippen LogP contribution in [0.1, 0.15) is 24.9 Å². The molecule has 8 nitrogen and oxygen atoms in total. The van der Waals surface area contributed by atoms with Crippen molar-refractivity contribution in [3.63, 3.8) is 0 Å². The molecular weight excluding hydrogens is 350 g/mol. The summed E-state index contributed by atoms with van der Waals surface area (Å²) in [6.45, 7) is 6.49. The number of hydrogen-bond acceptors (Lipinski definition) is 6. The van der Waals surface area contributed by atoms with E-state index in [0.29, 0.717) is 18.0 Å². The van der Waals surface area contributed by atoms with Crippen molar-refractivity contribution in [2.45, 2.75) is 19.4 Å². The molecule has 1 aliphatic heterocycles. The van der Waals surface area contributed by atoms with Gasteiger partial charge in [-0.15, -0.1) is 0 Å². The quantitative estimate of drug-likeness (QED) is 0.511. The van der Waals surface area contributed by atoms with Gasteiger partial charge in [0, 0.05) is 19.6 Å².